The van der Waals surface area contributed by atoms with Gasteiger partial charge in [0.25, 0.3) is 11.5 Å². The molecule has 0 fully saturated rings. The summed E-state index contributed by atoms with van der Waals surface area (Å²) in [5.74, 6) is -12.0. The van der Waals surface area contributed by atoms with Crippen molar-refractivity contribution in [1.29, 1.82) is 0 Å². The number of nitrogens with one attached hydrogen (secondary N) is 2. The second kappa shape index (κ2) is 8.09. The number of hydrogen-bond acceptors (Lipinski definition) is 4. The minimum atomic E-state index is -2.32. The summed E-state index contributed by atoms with van der Waals surface area (Å²) >= 11 is 0. The molecule has 0 aliphatic rings. The highest BCUT2D eigenvalue weighted by Crippen LogP contribution is 2.26. The highest BCUT2D eigenvalue weighted by Gasteiger charge is 2.26. The molecule has 0 radical (unpaired) electrons. The Bertz CT molecular complexity index is 1180. The van der Waals surface area contributed by atoms with Gasteiger partial charge in [0.1, 0.15) is 5.69 Å². The molecule has 11 heteroatoms. The minimum absolute atomic E-state index is 0.0127. The highest BCUT2D eigenvalue weighted by atomic mass is 19.2. The van der Waals surface area contributed by atoms with E-state index in [9.17, 15) is 31.5 Å². The maximum atomic E-state index is 13.8. The third kappa shape index (κ3) is 3.70. The lowest BCUT2D eigenvalue weighted by Gasteiger charge is -2.14. The predicted molar refractivity (Wildman–Crippen MR) is 98.2 cm³/mol. The average Bonchev–Trinajstić information content (AvgIpc) is 2.72. The van der Waals surface area contributed by atoms with Crippen LogP contribution in [0.2, 0.25) is 0 Å². The van der Waals surface area contributed by atoms with Gasteiger partial charge >= 0.3 is 0 Å². The molecule has 0 saturated carbocycles. The Hall–Kier alpha value is -3.50. The van der Waals surface area contributed by atoms with Crippen molar-refractivity contribution in [2.45, 2.75) is 20.4 Å². The topological polar surface area (TPSA) is 76.0 Å². The number of fused-ring (bicyclic) bond motifs is 1. The van der Waals surface area contributed by atoms with Crippen molar-refractivity contribution in [3.05, 3.63) is 69.4 Å². The number of hydrogen-bond donors (Lipinski definition) is 2. The molecule has 1 amide bonds. The first-order valence-electron chi connectivity index (χ1n) is 8.71. The summed E-state index contributed by atoms with van der Waals surface area (Å²) in [7, 11) is 0. The number of benzene rings is 2. The van der Waals surface area contributed by atoms with E-state index in [0.717, 1.165) is 4.68 Å². The van der Waals surface area contributed by atoms with Gasteiger partial charge in [-0.15, -0.1) is 0 Å². The first-order chi connectivity index (χ1) is 14.1. The standard InChI is InChI=1S/C19H15F5N4O2/c1-8(2)7-28-19(30)10-6-4-3-5-9(10)16(27-28)18(29)26-25-17-14(23)12(21)11(20)13(22)15(17)24/h3-6,8,25H,7H2,1-2H3,(H,26,29). The number of aromatic nitrogens is 2. The third-order valence-corrected chi connectivity index (χ3v) is 4.13. The van der Waals surface area contributed by atoms with Gasteiger partial charge in [0, 0.05) is 11.9 Å². The van der Waals surface area contributed by atoms with E-state index < -0.39 is 46.2 Å². The third-order valence-electron chi connectivity index (χ3n) is 4.13. The second-order valence-corrected chi connectivity index (χ2v) is 6.80. The molecule has 2 aromatic carbocycles. The van der Waals surface area contributed by atoms with Crippen LogP contribution in [0.15, 0.2) is 29.1 Å². The smallest absolute Gasteiger partial charge is 0.290 e. The van der Waals surface area contributed by atoms with Crippen LogP contribution >= 0.6 is 0 Å². The summed E-state index contributed by atoms with van der Waals surface area (Å²) in [5.41, 5.74) is 1.42. The van der Waals surface area contributed by atoms with Gasteiger partial charge in [-0.1, -0.05) is 32.0 Å². The molecule has 0 bridgehead atoms. The Labute approximate surface area is 166 Å². The molecular formula is C19H15F5N4O2. The molecule has 3 rings (SSSR count). The van der Waals surface area contributed by atoms with Crippen LogP contribution in [0.25, 0.3) is 10.8 Å². The molecule has 1 aromatic heterocycles. The largest absolute Gasteiger partial charge is 0.293 e. The van der Waals surface area contributed by atoms with Crippen molar-refractivity contribution >= 4 is 22.4 Å². The summed E-state index contributed by atoms with van der Waals surface area (Å²) in [4.78, 5) is 25.1. The number of amides is 1. The van der Waals surface area contributed by atoms with E-state index in [-0.39, 0.29) is 28.9 Å². The lowest BCUT2D eigenvalue weighted by atomic mass is 10.1. The molecule has 2 N–H and O–H groups in total. The lowest BCUT2D eigenvalue weighted by molar-refractivity contribution is 0.0956. The van der Waals surface area contributed by atoms with Crippen LogP contribution in [-0.2, 0) is 6.54 Å². The summed E-state index contributed by atoms with van der Waals surface area (Å²) < 4.78 is 68.4. The van der Waals surface area contributed by atoms with Crippen LogP contribution in [0.4, 0.5) is 27.6 Å². The van der Waals surface area contributed by atoms with E-state index in [1.165, 1.54) is 12.1 Å². The summed E-state index contributed by atoms with van der Waals surface area (Å²) in [6, 6.07) is 6.05. The fraction of sp³-hybridized carbons (Fsp3) is 0.211. The number of carbonyl (C=O) groups is 1. The van der Waals surface area contributed by atoms with Crippen molar-refractivity contribution in [2.75, 3.05) is 5.43 Å². The van der Waals surface area contributed by atoms with E-state index in [1.807, 2.05) is 19.3 Å². The number of rotatable bonds is 5. The Morgan fingerprint density at radius 1 is 0.967 bits per heavy atom. The maximum absolute atomic E-state index is 13.8. The number of hydrazine groups is 1. The zero-order valence-electron chi connectivity index (χ0n) is 15.7. The maximum Gasteiger partial charge on any atom is 0.290 e. The van der Waals surface area contributed by atoms with E-state index in [1.54, 1.807) is 17.6 Å². The van der Waals surface area contributed by atoms with Gasteiger partial charge in [-0.05, 0) is 12.0 Å². The molecule has 0 aliphatic heterocycles. The van der Waals surface area contributed by atoms with Crippen LogP contribution in [0.1, 0.15) is 24.3 Å². The molecule has 1 heterocycles. The fourth-order valence-electron chi connectivity index (χ4n) is 2.77. The number of anilines is 1. The number of halogens is 5. The first-order valence-corrected chi connectivity index (χ1v) is 8.71. The van der Waals surface area contributed by atoms with Crippen molar-refractivity contribution in [1.82, 2.24) is 15.2 Å². The molecule has 30 heavy (non-hydrogen) atoms. The van der Waals surface area contributed by atoms with Crippen molar-refractivity contribution in [3.8, 4) is 0 Å². The van der Waals surface area contributed by atoms with Crippen LogP contribution in [0, 0.1) is 35.0 Å². The van der Waals surface area contributed by atoms with Crippen LogP contribution in [0.3, 0.4) is 0 Å². The number of nitrogens with zero attached hydrogens (tertiary/aromatic N) is 2. The molecule has 0 atom stereocenters. The quantitative estimate of drug-likeness (QED) is 0.283. The SMILES string of the molecule is CC(C)Cn1nc(C(=O)NNc2c(F)c(F)c(F)c(F)c2F)c2ccccc2c1=O. The molecule has 158 valence electrons. The summed E-state index contributed by atoms with van der Waals surface area (Å²) in [5, 5.41) is 4.33. The fourth-order valence-corrected chi connectivity index (χ4v) is 2.77. The zero-order chi connectivity index (χ0) is 22.2. The molecular weight excluding hydrogens is 411 g/mol. The molecule has 6 nitrogen and oxygen atoms in total. The predicted octanol–water partition coefficient (Wildman–Crippen LogP) is 3.50. The van der Waals surface area contributed by atoms with Crippen molar-refractivity contribution in [2.24, 2.45) is 5.92 Å². The van der Waals surface area contributed by atoms with Crippen molar-refractivity contribution in [3.63, 3.8) is 0 Å². The van der Waals surface area contributed by atoms with Crippen LogP contribution in [0.5, 0.6) is 0 Å². The van der Waals surface area contributed by atoms with Gasteiger partial charge < -0.3 is 0 Å². The van der Waals surface area contributed by atoms with Crippen LogP contribution < -0.4 is 16.4 Å². The monoisotopic (exact) mass is 426 g/mol. The van der Waals surface area contributed by atoms with E-state index in [0.29, 0.717) is 0 Å². The Morgan fingerprint density at radius 2 is 1.50 bits per heavy atom. The highest BCUT2D eigenvalue weighted by molar-refractivity contribution is 6.05. The Balaban J connectivity index is 2.01. The second-order valence-electron chi connectivity index (χ2n) is 6.80. The minimum Gasteiger partial charge on any atom is -0.293 e. The molecule has 3 aromatic rings. The normalized spacial score (nSPS) is 11.2. The van der Waals surface area contributed by atoms with Gasteiger partial charge in [-0.3, -0.25) is 20.4 Å². The molecule has 0 saturated heterocycles. The lowest BCUT2D eigenvalue weighted by Crippen LogP contribution is -2.35. The molecule has 0 unspecified atom stereocenters. The molecule has 0 spiro atoms. The van der Waals surface area contributed by atoms with E-state index in [2.05, 4.69) is 5.10 Å². The number of carbonyl (C=O) groups excluding carboxylic acids is 1. The van der Waals surface area contributed by atoms with Crippen molar-refractivity contribution < 1.29 is 26.7 Å². The zero-order valence-corrected chi connectivity index (χ0v) is 15.7. The summed E-state index contributed by atoms with van der Waals surface area (Å²) in [6.45, 7) is 3.84. The van der Waals surface area contributed by atoms with Gasteiger partial charge in [0.2, 0.25) is 5.82 Å². The average molecular weight is 426 g/mol. The Morgan fingerprint density at radius 3 is 2.07 bits per heavy atom. The Kier molecular flexibility index (Phi) is 5.72. The van der Waals surface area contributed by atoms with Gasteiger partial charge in [-0.2, -0.15) is 5.10 Å². The van der Waals surface area contributed by atoms with Gasteiger partial charge in [-0.25, -0.2) is 26.6 Å². The summed E-state index contributed by atoms with van der Waals surface area (Å²) in [6.07, 6.45) is 0. The van der Waals surface area contributed by atoms with E-state index >= 15 is 0 Å². The van der Waals surface area contributed by atoms with Crippen LogP contribution in [-0.4, -0.2) is 15.7 Å². The van der Waals surface area contributed by atoms with Gasteiger partial charge in [0.15, 0.2) is 29.0 Å². The van der Waals surface area contributed by atoms with E-state index in [4.69, 9.17) is 0 Å². The first kappa shape index (κ1) is 21.2. The van der Waals surface area contributed by atoms with Gasteiger partial charge in [0.05, 0.1) is 5.39 Å². The molecule has 0 aliphatic carbocycles.